The van der Waals surface area contributed by atoms with Crippen LogP contribution in [0.25, 0.3) is 5.57 Å². The quantitative estimate of drug-likeness (QED) is 0.645. The van der Waals surface area contributed by atoms with Gasteiger partial charge in [0.05, 0.1) is 13.2 Å². The third-order valence-electron chi connectivity index (χ3n) is 2.25. The van der Waals surface area contributed by atoms with E-state index in [0.29, 0.717) is 12.3 Å². The Morgan fingerprint density at radius 2 is 2.33 bits per heavy atom. The molecular formula is C12H12N2O. The van der Waals surface area contributed by atoms with E-state index in [9.17, 15) is 0 Å². The molecule has 0 N–H and O–H groups in total. The van der Waals surface area contributed by atoms with Crippen molar-refractivity contribution < 1.29 is 4.74 Å². The van der Waals surface area contributed by atoms with Crippen molar-refractivity contribution in [2.45, 2.75) is 13.3 Å². The highest BCUT2D eigenvalue weighted by molar-refractivity contribution is 5.61. The Hall–Kier alpha value is -1.66. The topological polar surface area (TPSA) is 35.0 Å². The molecule has 1 aromatic rings. The Bertz CT molecular complexity index is 443. The summed E-state index contributed by atoms with van der Waals surface area (Å²) in [5.41, 5.74) is 2.67. The minimum absolute atomic E-state index is 0.637. The maximum Gasteiger partial charge on any atom is 0.156 e. The summed E-state index contributed by atoms with van der Waals surface area (Å²) >= 11 is 0. The fraction of sp³-hybridized carbons (Fsp3) is 0.333. The zero-order valence-corrected chi connectivity index (χ0v) is 8.66. The zero-order chi connectivity index (χ0) is 10.7. The lowest BCUT2D eigenvalue weighted by molar-refractivity contribution is 0.161. The van der Waals surface area contributed by atoms with Crippen LogP contribution >= 0.6 is 0 Å². The van der Waals surface area contributed by atoms with Gasteiger partial charge in [-0.15, -0.1) is 6.42 Å². The number of rotatable bonds is 1. The van der Waals surface area contributed by atoms with Crippen LogP contribution in [0.4, 0.5) is 0 Å². The van der Waals surface area contributed by atoms with Crippen molar-refractivity contribution in [2.75, 3.05) is 13.2 Å². The van der Waals surface area contributed by atoms with Gasteiger partial charge in [0.15, 0.2) is 5.82 Å². The fourth-order valence-electron chi connectivity index (χ4n) is 1.52. The predicted molar refractivity (Wildman–Crippen MR) is 58.1 cm³/mol. The van der Waals surface area contributed by atoms with E-state index in [1.54, 1.807) is 0 Å². The number of hydrogen-bond donors (Lipinski definition) is 0. The average molecular weight is 200 g/mol. The molecule has 0 atom stereocenters. The molecule has 1 aromatic heterocycles. The fourth-order valence-corrected chi connectivity index (χ4v) is 1.52. The number of terminal acetylenes is 1. The molecule has 2 rings (SSSR count). The van der Waals surface area contributed by atoms with Crippen LogP contribution in [-0.2, 0) is 4.74 Å². The summed E-state index contributed by atoms with van der Waals surface area (Å²) in [4.78, 5) is 8.68. The maximum atomic E-state index is 5.33. The molecule has 3 nitrogen and oxygen atoms in total. The van der Waals surface area contributed by atoms with E-state index >= 15 is 0 Å². The molecule has 0 spiro atoms. The number of nitrogens with zero attached hydrogens (tertiary/aromatic N) is 2. The highest BCUT2D eigenvalue weighted by atomic mass is 16.5. The number of aryl methyl sites for hydroxylation is 1. The van der Waals surface area contributed by atoms with Gasteiger partial charge in [0.1, 0.15) is 5.69 Å². The highest BCUT2D eigenvalue weighted by Gasteiger charge is 2.10. The normalized spacial score (nSPS) is 15.6. The van der Waals surface area contributed by atoms with Crippen molar-refractivity contribution in [2.24, 2.45) is 0 Å². The molecule has 0 aliphatic carbocycles. The third-order valence-corrected chi connectivity index (χ3v) is 2.25. The smallest absolute Gasteiger partial charge is 0.156 e. The van der Waals surface area contributed by atoms with Gasteiger partial charge in [-0.3, -0.25) is 0 Å². The second kappa shape index (κ2) is 4.24. The molecule has 0 fully saturated rings. The highest BCUT2D eigenvalue weighted by Crippen LogP contribution is 2.18. The second-order valence-corrected chi connectivity index (χ2v) is 3.42. The molecule has 2 heterocycles. The van der Waals surface area contributed by atoms with Crippen molar-refractivity contribution >= 4 is 5.57 Å². The number of aromatic nitrogens is 2. The van der Waals surface area contributed by atoms with Crippen LogP contribution < -0.4 is 0 Å². The molecule has 0 amide bonds. The van der Waals surface area contributed by atoms with Crippen LogP contribution in [0.2, 0.25) is 0 Å². The summed E-state index contributed by atoms with van der Waals surface area (Å²) in [5.74, 6) is 3.28. The number of ether oxygens (including phenoxy) is 1. The average Bonchev–Trinajstić information content (AvgIpc) is 2.29. The first-order chi connectivity index (χ1) is 7.29. The van der Waals surface area contributed by atoms with Crippen molar-refractivity contribution in [3.63, 3.8) is 0 Å². The van der Waals surface area contributed by atoms with Gasteiger partial charge >= 0.3 is 0 Å². The first kappa shape index (κ1) is 9.88. The predicted octanol–water partition coefficient (Wildman–Crippen LogP) is 1.57. The summed E-state index contributed by atoms with van der Waals surface area (Å²) in [7, 11) is 0. The first-order valence-corrected chi connectivity index (χ1v) is 4.89. The molecule has 3 heteroatoms. The summed E-state index contributed by atoms with van der Waals surface area (Å²) < 4.78 is 5.24. The first-order valence-electron chi connectivity index (χ1n) is 4.89. The standard InChI is InChI=1S/C12H12N2O/c1-3-11-8-9(2)13-12(14-11)10-4-6-15-7-5-10/h1,4,8H,5-7H2,2H3. The molecule has 0 unspecified atom stereocenters. The van der Waals surface area contributed by atoms with E-state index < -0.39 is 0 Å². The summed E-state index contributed by atoms with van der Waals surface area (Å²) in [5, 5.41) is 0. The van der Waals surface area contributed by atoms with Gasteiger partial charge in [-0.1, -0.05) is 12.0 Å². The summed E-state index contributed by atoms with van der Waals surface area (Å²) in [6.07, 6.45) is 8.20. The molecule has 0 saturated carbocycles. The van der Waals surface area contributed by atoms with Gasteiger partial charge in [-0.25, -0.2) is 9.97 Å². The molecule has 1 aliphatic heterocycles. The van der Waals surface area contributed by atoms with Gasteiger partial charge in [0.25, 0.3) is 0 Å². The largest absolute Gasteiger partial charge is 0.377 e. The number of hydrogen-bond acceptors (Lipinski definition) is 3. The Kier molecular flexibility index (Phi) is 2.79. The van der Waals surface area contributed by atoms with Crippen LogP contribution in [0.3, 0.4) is 0 Å². The van der Waals surface area contributed by atoms with Crippen molar-refractivity contribution in [3.8, 4) is 12.3 Å². The molecule has 1 aliphatic rings. The van der Waals surface area contributed by atoms with Crippen LogP contribution in [0.5, 0.6) is 0 Å². The van der Waals surface area contributed by atoms with E-state index in [4.69, 9.17) is 11.2 Å². The molecule has 0 aromatic carbocycles. The van der Waals surface area contributed by atoms with Gasteiger partial charge < -0.3 is 4.74 Å². The maximum absolute atomic E-state index is 5.33. The minimum Gasteiger partial charge on any atom is -0.377 e. The van der Waals surface area contributed by atoms with E-state index in [2.05, 4.69) is 15.9 Å². The molecule has 76 valence electrons. The lowest BCUT2D eigenvalue weighted by atomic mass is 10.1. The molecule has 15 heavy (non-hydrogen) atoms. The van der Waals surface area contributed by atoms with Crippen LogP contribution in [0.1, 0.15) is 23.6 Å². The SMILES string of the molecule is C#Cc1cc(C)nc(C2=CCOCC2)n1. The molecular weight excluding hydrogens is 188 g/mol. The molecule has 0 saturated heterocycles. The van der Waals surface area contributed by atoms with E-state index in [1.807, 2.05) is 19.1 Å². The molecule has 0 radical (unpaired) electrons. The van der Waals surface area contributed by atoms with Crippen molar-refractivity contribution in [1.82, 2.24) is 9.97 Å². The van der Waals surface area contributed by atoms with Gasteiger partial charge in [0.2, 0.25) is 0 Å². The van der Waals surface area contributed by atoms with Crippen LogP contribution in [0, 0.1) is 19.3 Å². The minimum atomic E-state index is 0.637. The third kappa shape index (κ3) is 2.23. The van der Waals surface area contributed by atoms with Crippen LogP contribution in [-0.4, -0.2) is 23.2 Å². The monoisotopic (exact) mass is 200 g/mol. The second-order valence-electron chi connectivity index (χ2n) is 3.42. The van der Waals surface area contributed by atoms with Crippen molar-refractivity contribution in [3.05, 3.63) is 29.4 Å². The van der Waals surface area contributed by atoms with Gasteiger partial charge in [0, 0.05) is 5.69 Å². The Morgan fingerprint density at radius 1 is 1.47 bits per heavy atom. The van der Waals surface area contributed by atoms with Gasteiger partial charge in [-0.05, 0) is 25.0 Å². The summed E-state index contributed by atoms with van der Waals surface area (Å²) in [6.45, 7) is 3.29. The van der Waals surface area contributed by atoms with Gasteiger partial charge in [-0.2, -0.15) is 0 Å². The zero-order valence-electron chi connectivity index (χ0n) is 8.66. The lowest BCUT2D eigenvalue weighted by Gasteiger charge is -2.12. The van der Waals surface area contributed by atoms with E-state index in [1.165, 1.54) is 0 Å². The van der Waals surface area contributed by atoms with Crippen molar-refractivity contribution in [1.29, 1.82) is 0 Å². The lowest BCUT2D eigenvalue weighted by Crippen LogP contribution is -2.07. The van der Waals surface area contributed by atoms with Crippen LogP contribution in [0.15, 0.2) is 12.1 Å². The molecule has 0 bridgehead atoms. The Balaban J connectivity index is 2.39. The van der Waals surface area contributed by atoms with E-state index in [0.717, 1.165) is 30.1 Å². The van der Waals surface area contributed by atoms with E-state index in [-0.39, 0.29) is 0 Å². The summed E-state index contributed by atoms with van der Waals surface area (Å²) in [6, 6.07) is 1.81. The Morgan fingerprint density at radius 3 is 3.00 bits per heavy atom. The Labute approximate surface area is 89.2 Å².